The van der Waals surface area contributed by atoms with Crippen molar-refractivity contribution in [2.45, 2.75) is 38.1 Å². The van der Waals surface area contributed by atoms with Gasteiger partial charge >= 0.3 is 12.1 Å². The van der Waals surface area contributed by atoms with Crippen LogP contribution in [0.5, 0.6) is 0 Å². The number of alkyl halides is 3. The van der Waals surface area contributed by atoms with E-state index >= 15 is 0 Å². The number of carbonyl (C=O) groups excluding carboxylic acids is 2. The molecule has 1 atom stereocenters. The molecule has 0 radical (unpaired) electrons. The monoisotopic (exact) mass is 556 g/mol. The molecule has 0 spiro atoms. The lowest BCUT2D eigenvalue weighted by atomic mass is 9.97. The highest BCUT2D eigenvalue weighted by molar-refractivity contribution is 5.96. The first-order chi connectivity index (χ1) is 19.8. The van der Waals surface area contributed by atoms with Crippen molar-refractivity contribution in [2.75, 3.05) is 0 Å². The number of allylic oxidation sites excluding steroid dienone is 1. The molecule has 4 aromatic carbocycles. The number of benzene rings is 4. The largest absolute Gasteiger partial charge is 0.471 e. The van der Waals surface area contributed by atoms with E-state index in [0.717, 1.165) is 22.8 Å². The highest BCUT2D eigenvalue weighted by Crippen LogP contribution is 2.20. The first kappa shape index (κ1) is 29.5. The first-order valence-corrected chi connectivity index (χ1v) is 13.3. The SMILES string of the molecule is O=C(C=C(Cc1ccccc1)NC(=O)C(F)(F)F)[C@H](Cc1ccccc1)N(Cc1ccccc1)Cc1ccccc1. The molecule has 4 rings (SSSR count). The number of hydrogen-bond donors (Lipinski definition) is 1. The lowest BCUT2D eigenvalue weighted by Crippen LogP contribution is -2.42. The zero-order chi connectivity index (χ0) is 29.1. The minimum atomic E-state index is -5.09. The minimum absolute atomic E-state index is 0.0379. The zero-order valence-corrected chi connectivity index (χ0v) is 22.4. The van der Waals surface area contributed by atoms with E-state index in [4.69, 9.17) is 0 Å². The predicted octanol–water partition coefficient (Wildman–Crippen LogP) is 6.67. The van der Waals surface area contributed by atoms with Gasteiger partial charge in [0.05, 0.1) is 6.04 Å². The van der Waals surface area contributed by atoms with Crippen LogP contribution in [0.2, 0.25) is 0 Å². The summed E-state index contributed by atoms with van der Waals surface area (Å²) in [5, 5.41) is 1.95. The molecule has 0 bridgehead atoms. The van der Waals surface area contributed by atoms with Gasteiger partial charge in [-0.3, -0.25) is 14.5 Å². The quantitative estimate of drug-likeness (QED) is 0.198. The van der Waals surface area contributed by atoms with Crippen molar-refractivity contribution in [1.29, 1.82) is 0 Å². The molecule has 0 saturated heterocycles. The average molecular weight is 557 g/mol. The number of nitrogens with zero attached hydrogens (tertiary/aromatic N) is 1. The summed E-state index contributed by atoms with van der Waals surface area (Å²) in [6, 6.07) is 37.0. The molecule has 0 fully saturated rings. The van der Waals surface area contributed by atoms with Crippen molar-refractivity contribution in [1.82, 2.24) is 10.2 Å². The van der Waals surface area contributed by atoms with E-state index in [1.807, 2.05) is 101 Å². The van der Waals surface area contributed by atoms with E-state index in [9.17, 15) is 22.8 Å². The molecule has 4 nitrogen and oxygen atoms in total. The van der Waals surface area contributed by atoms with Gasteiger partial charge in [0.25, 0.3) is 0 Å². The number of ketones is 1. The molecule has 7 heteroatoms. The van der Waals surface area contributed by atoms with Crippen LogP contribution in [0.25, 0.3) is 0 Å². The van der Waals surface area contributed by atoms with Crippen LogP contribution in [0, 0.1) is 0 Å². The summed E-state index contributed by atoms with van der Waals surface area (Å²) >= 11 is 0. The third-order valence-corrected chi connectivity index (χ3v) is 6.58. The van der Waals surface area contributed by atoms with E-state index in [2.05, 4.69) is 0 Å². The highest BCUT2D eigenvalue weighted by atomic mass is 19.4. The number of amides is 1. The van der Waals surface area contributed by atoms with E-state index < -0.39 is 23.9 Å². The Morgan fingerprint density at radius 3 is 1.51 bits per heavy atom. The molecular formula is C34H31F3N2O2. The molecule has 4 aromatic rings. The predicted molar refractivity (Wildman–Crippen MR) is 153 cm³/mol. The fourth-order valence-corrected chi connectivity index (χ4v) is 4.59. The van der Waals surface area contributed by atoms with Crippen molar-refractivity contribution in [3.63, 3.8) is 0 Å². The van der Waals surface area contributed by atoms with E-state index in [1.54, 1.807) is 30.3 Å². The number of carbonyl (C=O) groups is 2. The molecule has 41 heavy (non-hydrogen) atoms. The van der Waals surface area contributed by atoms with Crippen LogP contribution in [0.3, 0.4) is 0 Å². The van der Waals surface area contributed by atoms with Crippen molar-refractivity contribution in [2.24, 2.45) is 0 Å². The van der Waals surface area contributed by atoms with Crippen LogP contribution in [0.1, 0.15) is 22.3 Å². The van der Waals surface area contributed by atoms with Gasteiger partial charge in [0, 0.05) is 31.3 Å². The maximum atomic E-state index is 14.1. The molecule has 0 aromatic heterocycles. The highest BCUT2D eigenvalue weighted by Gasteiger charge is 2.39. The van der Waals surface area contributed by atoms with Gasteiger partial charge < -0.3 is 5.32 Å². The topological polar surface area (TPSA) is 49.4 Å². The van der Waals surface area contributed by atoms with Gasteiger partial charge in [0.15, 0.2) is 5.78 Å². The lowest BCUT2D eigenvalue weighted by Gasteiger charge is -2.31. The van der Waals surface area contributed by atoms with E-state index in [1.165, 1.54) is 0 Å². The molecule has 0 aliphatic carbocycles. The van der Waals surface area contributed by atoms with Gasteiger partial charge in [-0.25, -0.2) is 0 Å². The fraction of sp³-hybridized carbons (Fsp3) is 0.176. The third kappa shape index (κ3) is 9.29. The van der Waals surface area contributed by atoms with E-state index in [-0.39, 0.29) is 12.1 Å². The number of nitrogens with one attached hydrogen (secondary N) is 1. The average Bonchev–Trinajstić information content (AvgIpc) is 2.97. The van der Waals surface area contributed by atoms with Crippen molar-refractivity contribution >= 4 is 11.7 Å². The summed E-state index contributed by atoms with van der Waals surface area (Å²) in [6.07, 6.45) is -3.63. The number of halogens is 3. The van der Waals surface area contributed by atoms with Gasteiger partial charge in [0.1, 0.15) is 0 Å². The summed E-state index contributed by atoms with van der Waals surface area (Å²) in [5.74, 6) is -2.51. The Labute approximate surface area is 238 Å². The number of hydrogen-bond acceptors (Lipinski definition) is 3. The van der Waals surface area contributed by atoms with Crippen LogP contribution in [-0.2, 0) is 35.5 Å². The summed E-state index contributed by atoms with van der Waals surface area (Å²) in [5.41, 5.74) is 3.45. The van der Waals surface area contributed by atoms with Gasteiger partial charge in [0.2, 0.25) is 0 Å². The number of rotatable bonds is 12. The maximum absolute atomic E-state index is 14.1. The second kappa shape index (κ2) is 14.2. The Bertz CT molecular complexity index is 1380. The Hall–Kier alpha value is -4.49. The van der Waals surface area contributed by atoms with Crippen LogP contribution >= 0.6 is 0 Å². The standard InChI is InChI=1S/C34H31F3N2O2/c35-34(36,37)33(41)38-30(21-26-13-5-1-6-14-26)23-32(40)31(22-27-15-7-2-8-16-27)39(24-28-17-9-3-10-18-28)25-29-19-11-4-12-20-29/h1-20,23,31H,21-22,24-25H2,(H,38,41)/t31-/m0/s1. The smallest absolute Gasteiger partial charge is 0.321 e. The van der Waals surface area contributed by atoms with Crippen molar-refractivity contribution in [3.05, 3.63) is 155 Å². The molecule has 0 unspecified atom stereocenters. The summed E-state index contributed by atoms with van der Waals surface area (Å²) in [6.45, 7) is 0.880. The van der Waals surface area contributed by atoms with Crippen LogP contribution in [-0.4, -0.2) is 28.8 Å². The van der Waals surface area contributed by atoms with Crippen molar-refractivity contribution < 1.29 is 22.8 Å². The third-order valence-electron chi connectivity index (χ3n) is 6.58. The summed E-state index contributed by atoms with van der Waals surface area (Å²) < 4.78 is 39.6. The molecule has 0 aliphatic heterocycles. The molecule has 0 aliphatic rings. The second-order valence-corrected chi connectivity index (χ2v) is 9.77. The Morgan fingerprint density at radius 1 is 0.659 bits per heavy atom. The zero-order valence-electron chi connectivity index (χ0n) is 22.4. The molecular weight excluding hydrogens is 525 g/mol. The van der Waals surface area contributed by atoms with Gasteiger partial charge in [-0.1, -0.05) is 121 Å². The molecule has 1 N–H and O–H groups in total. The minimum Gasteiger partial charge on any atom is -0.321 e. The Balaban J connectivity index is 1.73. The van der Waals surface area contributed by atoms with Crippen LogP contribution < -0.4 is 5.32 Å². The molecule has 0 heterocycles. The van der Waals surface area contributed by atoms with Crippen LogP contribution in [0.15, 0.2) is 133 Å². The van der Waals surface area contributed by atoms with Crippen molar-refractivity contribution in [3.8, 4) is 0 Å². The normalized spacial score (nSPS) is 12.6. The van der Waals surface area contributed by atoms with Gasteiger partial charge in [-0.2, -0.15) is 13.2 Å². The lowest BCUT2D eigenvalue weighted by molar-refractivity contribution is -0.172. The molecule has 1 amide bonds. The Kier molecular flexibility index (Phi) is 10.2. The summed E-state index contributed by atoms with van der Waals surface area (Å²) in [4.78, 5) is 28.0. The van der Waals surface area contributed by atoms with E-state index in [0.29, 0.717) is 25.1 Å². The Morgan fingerprint density at radius 2 is 1.07 bits per heavy atom. The summed E-state index contributed by atoms with van der Waals surface area (Å²) in [7, 11) is 0. The molecule has 0 saturated carbocycles. The second-order valence-electron chi connectivity index (χ2n) is 9.77. The van der Waals surface area contributed by atoms with Gasteiger partial charge in [-0.05, 0) is 28.7 Å². The van der Waals surface area contributed by atoms with Crippen LogP contribution in [0.4, 0.5) is 13.2 Å². The first-order valence-electron chi connectivity index (χ1n) is 13.3. The molecule has 210 valence electrons. The van der Waals surface area contributed by atoms with Gasteiger partial charge in [-0.15, -0.1) is 0 Å². The maximum Gasteiger partial charge on any atom is 0.471 e. The fourth-order valence-electron chi connectivity index (χ4n) is 4.59.